The van der Waals surface area contributed by atoms with Gasteiger partial charge < -0.3 is 5.32 Å². The summed E-state index contributed by atoms with van der Waals surface area (Å²) in [5, 5.41) is 18.2. The molecule has 1 N–H and O–H groups in total. The number of benzene rings is 2. The fourth-order valence-electron chi connectivity index (χ4n) is 2.27. The molecule has 1 unspecified atom stereocenters. The molecular formula is C15H17N5S. The molecule has 0 spiro atoms. The Morgan fingerprint density at radius 2 is 2.00 bits per heavy atom. The van der Waals surface area contributed by atoms with Gasteiger partial charge in [-0.2, -0.15) is 0 Å². The van der Waals surface area contributed by atoms with E-state index in [1.54, 1.807) is 16.4 Å². The Morgan fingerprint density at radius 1 is 1.19 bits per heavy atom. The number of aryl methyl sites for hydroxylation is 1. The monoisotopic (exact) mass is 299 g/mol. The summed E-state index contributed by atoms with van der Waals surface area (Å²) in [5.41, 5.74) is 1.28. The number of nitrogens with one attached hydrogen (secondary N) is 1. The van der Waals surface area contributed by atoms with Gasteiger partial charge in [-0.1, -0.05) is 48.2 Å². The van der Waals surface area contributed by atoms with E-state index in [2.05, 4.69) is 63.3 Å². The Balaban J connectivity index is 1.79. The van der Waals surface area contributed by atoms with Crippen molar-refractivity contribution in [3.63, 3.8) is 0 Å². The van der Waals surface area contributed by atoms with E-state index in [0.29, 0.717) is 0 Å². The van der Waals surface area contributed by atoms with Crippen LogP contribution in [-0.4, -0.2) is 33.0 Å². The van der Waals surface area contributed by atoms with E-state index in [1.165, 1.54) is 16.3 Å². The van der Waals surface area contributed by atoms with Crippen molar-refractivity contribution in [3.8, 4) is 0 Å². The molecule has 0 aliphatic heterocycles. The summed E-state index contributed by atoms with van der Waals surface area (Å²) in [7, 11) is 3.84. The number of thioether (sulfide) groups is 1. The number of fused-ring (bicyclic) bond motifs is 1. The summed E-state index contributed by atoms with van der Waals surface area (Å²) < 4.78 is 1.69. The van der Waals surface area contributed by atoms with Gasteiger partial charge in [-0.3, -0.25) is 0 Å². The zero-order valence-electron chi connectivity index (χ0n) is 12.0. The van der Waals surface area contributed by atoms with Crippen molar-refractivity contribution < 1.29 is 0 Å². The van der Waals surface area contributed by atoms with Crippen molar-refractivity contribution in [1.82, 2.24) is 25.5 Å². The SMILES string of the molecule is CNC(CSc1nnnn1C)c1ccc2ccccc2c1. The van der Waals surface area contributed by atoms with Gasteiger partial charge in [0.05, 0.1) is 0 Å². The second-order valence-corrected chi connectivity index (χ2v) is 5.83. The molecule has 2 aromatic carbocycles. The Labute approximate surface area is 127 Å². The topological polar surface area (TPSA) is 55.6 Å². The highest BCUT2D eigenvalue weighted by Crippen LogP contribution is 2.25. The highest BCUT2D eigenvalue weighted by atomic mass is 32.2. The van der Waals surface area contributed by atoms with Gasteiger partial charge in [-0.15, -0.1) is 5.10 Å². The maximum Gasteiger partial charge on any atom is 0.209 e. The fraction of sp³-hybridized carbons (Fsp3) is 0.267. The first-order chi connectivity index (χ1) is 10.3. The molecule has 1 aromatic heterocycles. The van der Waals surface area contributed by atoms with Crippen LogP contribution in [0.15, 0.2) is 47.6 Å². The Kier molecular flexibility index (Phi) is 4.17. The lowest BCUT2D eigenvalue weighted by molar-refractivity contribution is 0.649. The van der Waals surface area contributed by atoms with Crippen molar-refractivity contribution in [2.24, 2.45) is 7.05 Å². The van der Waals surface area contributed by atoms with E-state index >= 15 is 0 Å². The van der Waals surface area contributed by atoms with Gasteiger partial charge in [0.1, 0.15) is 0 Å². The third kappa shape index (κ3) is 3.06. The third-order valence-corrected chi connectivity index (χ3v) is 4.59. The van der Waals surface area contributed by atoms with Crippen LogP contribution >= 0.6 is 11.8 Å². The molecule has 21 heavy (non-hydrogen) atoms. The molecule has 0 aliphatic rings. The lowest BCUT2D eigenvalue weighted by Gasteiger charge is -2.16. The molecule has 0 aliphatic carbocycles. The van der Waals surface area contributed by atoms with Crippen molar-refractivity contribution in [2.45, 2.75) is 11.2 Å². The molecule has 0 amide bonds. The van der Waals surface area contributed by atoms with Crippen LogP contribution in [0.2, 0.25) is 0 Å². The van der Waals surface area contributed by atoms with Gasteiger partial charge in [0, 0.05) is 18.8 Å². The molecule has 1 atom stereocenters. The number of aromatic nitrogens is 4. The van der Waals surface area contributed by atoms with Gasteiger partial charge in [0.25, 0.3) is 0 Å². The molecule has 0 saturated carbocycles. The third-order valence-electron chi connectivity index (χ3n) is 3.48. The van der Waals surface area contributed by atoms with E-state index in [-0.39, 0.29) is 6.04 Å². The predicted octanol–water partition coefficient (Wildman–Crippen LogP) is 2.42. The maximum absolute atomic E-state index is 4.00. The van der Waals surface area contributed by atoms with Crippen LogP contribution < -0.4 is 5.32 Å². The second-order valence-electron chi connectivity index (χ2n) is 4.84. The molecule has 0 saturated heterocycles. The summed E-state index contributed by atoms with van der Waals surface area (Å²) in [6.45, 7) is 0. The molecule has 3 rings (SSSR count). The number of hydrogen-bond acceptors (Lipinski definition) is 5. The molecule has 5 nitrogen and oxygen atoms in total. The van der Waals surface area contributed by atoms with Gasteiger partial charge in [0.15, 0.2) is 0 Å². The van der Waals surface area contributed by atoms with Gasteiger partial charge in [0.2, 0.25) is 5.16 Å². The first kappa shape index (κ1) is 14.0. The summed E-state index contributed by atoms with van der Waals surface area (Å²) in [6, 6.07) is 15.3. The van der Waals surface area contributed by atoms with Crippen molar-refractivity contribution in [3.05, 3.63) is 48.0 Å². The van der Waals surface area contributed by atoms with Crippen molar-refractivity contribution >= 4 is 22.5 Å². The highest BCUT2D eigenvalue weighted by molar-refractivity contribution is 7.99. The zero-order chi connectivity index (χ0) is 14.7. The number of hydrogen-bond donors (Lipinski definition) is 1. The minimum atomic E-state index is 0.260. The highest BCUT2D eigenvalue weighted by Gasteiger charge is 2.12. The first-order valence-corrected chi connectivity index (χ1v) is 7.77. The number of tetrazole rings is 1. The molecule has 1 heterocycles. The van der Waals surface area contributed by atoms with E-state index in [4.69, 9.17) is 0 Å². The molecule has 6 heteroatoms. The van der Waals surface area contributed by atoms with Crippen LogP contribution in [0.5, 0.6) is 0 Å². The van der Waals surface area contributed by atoms with Crippen molar-refractivity contribution in [2.75, 3.05) is 12.8 Å². The summed E-state index contributed by atoms with van der Waals surface area (Å²) in [5.74, 6) is 0.878. The predicted molar refractivity (Wildman–Crippen MR) is 85.3 cm³/mol. The normalized spacial score (nSPS) is 12.7. The summed E-state index contributed by atoms with van der Waals surface area (Å²) in [6.07, 6.45) is 0. The fourth-order valence-corrected chi connectivity index (χ4v) is 3.26. The molecular weight excluding hydrogens is 282 g/mol. The summed E-state index contributed by atoms with van der Waals surface area (Å²) in [4.78, 5) is 0. The lowest BCUT2D eigenvalue weighted by Crippen LogP contribution is -2.19. The largest absolute Gasteiger partial charge is 0.312 e. The van der Waals surface area contributed by atoms with Gasteiger partial charge in [-0.25, -0.2) is 4.68 Å². The Morgan fingerprint density at radius 3 is 2.71 bits per heavy atom. The van der Waals surface area contributed by atoms with Crippen LogP contribution in [0.4, 0.5) is 0 Å². The maximum atomic E-state index is 4.00. The van der Waals surface area contributed by atoms with E-state index < -0.39 is 0 Å². The van der Waals surface area contributed by atoms with Crippen molar-refractivity contribution in [1.29, 1.82) is 0 Å². The van der Waals surface area contributed by atoms with Crippen LogP contribution in [0.3, 0.4) is 0 Å². The van der Waals surface area contributed by atoms with Crippen LogP contribution in [0.25, 0.3) is 10.8 Å². The van der Waals surface area contributed by atoms with E-state index in [9.17, 15) is 0 Å². The standard InChI is InChI=1S/C15H17N5S/c1-16-14(10-21-15-17-18-19-20(15)2)13-8-7-11-5-3-4-6-12(11)9-13/h3-9,14,16H,10H2,1-2H3. The Bertz CT molecular complexity index is 740. The zero-order valence-corrected chi connectivity index (χ0v) is 12.8. The van der Waals surface area contributed by atoms with E-state index in [0.717, 1.165) is 10.9 Å². The van der Waals surface area contributed by atoms with Crippen LogP contribution in [-0.2, 0) is 7.05 Å². The molecule has 0 bridgehead atoms. The van der Waals surface area contributed by atoms with Gasteiger partial charge in [-0.05, 0) is 39.9 Å². The molecule has 0 radical (unpaired) electrons. The molecule has 0 fully saturated rings. The number of rotatable bonds is 5. The van der Waals surface area contributed by atoms with E-state index in [1.807, 2.05) is 14.1 Å². The smallest absolute Gasteiger partial charge is 0.209 e. The van der Waals surface area contributed by atoms with Gasteiger partial charge >= 0.3 is 0 Å². The average Bonchev–Trinajstić information content (AvgIpc) is 2.93. The lowest BCUT2D eigenvalue weighted by atomic mass is 10.0. The molecule has 3 aromatic rings. The number of nitrogens with zero attached hydrogens (tertiary/aromatic N) is 4. The molecule has 108 valence electrons. The van der Waals surface area contributed by atoms with Crippen LogP contribution in [0, 0.1) is 0 Å². The summed E-state index contributed by atoms with van der Waals surface area (Å²) >= 11 is 1.65. The average molecular weight is 299 g/mol. The second kappa shape index (κ2) is 6.24. The first-order valence-electron chi connectivity index (χ1n) is 6.79. The van der Waals surface area contributed by atoms with Crippen LogP contribution in [0.1, 0.15) is 11.6 Å². The minimum Gasteiger partial charge on any atom is -0.312 e. The Hall–Kier alpha value is -1.92. The minimum absolute atomic E-state index is 0.260. The quantitative estimate of drug-likeness (QED) is 0.733.